The molecule has 2 heterocycles. The van der Waals surface area contributed by atoms with Crippen LogP contribution in [0.4, 0.5) is 0 Å². The number of thioether (sulfide) groups is 1. The lowest BCUT2D eigenvalue weighted by molar-refractivity contribution is 0.0768. The Balaban J connectivity index is 2.07. The molecule has 1 unspecified atom stereocenters. The first-order chi connectivity index (χ1) is 7.16. The normalized spacial score (nSPS) is 21.7. The largest absolute Gasteiger partial charge is 0.336 e. The Morgan fingerprint density at radius 3 is 3.07 bits per heavy atom. The number of rotatable bonds is 1. The van der Waals surface area contributed by atoms with Crippen LogP contribution < -0.4 is 0 Å². The predicted molar refractivity (Wildman–Crippen MR) is 69.4 cm³/mol. The van der Waals surface area contributed by atoms with Gasteiger partial charge >= 0.3 is 0 Å². The lowest BCUT2D eigenvalue weighted by atomic mass is 10.3. The van der Waals surface area contributed by atoms with Crippen molar-refractivity contribution in [2.75, 3.05) is 18.8 Å². The zero-order valence-corrected chi connectivity index (χ0v) is 11.0. The van der Waals surface area contributed by atoms with Gasteiger partial charge in [0, 0.05) is 34.4 Å². The second-order valence-corrected chi connectivity index (χ2v) is 6.58. The second-order valence-electron chi connectivity index (χ2n) is 3.60. The van der Waals surface area contributed by atoms with E-state index in [0.29, 0.717) is 5.25 Å². The van der Waals surface area contributed by atoms with Crippen molar-refractivity contribution in [3.63, 3.8) is 0 Å². The van der Waals surface area contributed by atoms with E-state index in [0.717, 1.165) is 28.6 Å². The highest BCUT2D eigenvalue weighted by molar-refractivity contribution is 7.99. The molecule has 1 fully saturated rings. The minimum absolute atomic E-state index is 0.160. The summed E-state index contributed by atoms with van der Waals surface area (Å²) in [4.78, 5) is 15.7. The maximum Gasteiger partial charge on any atom is 0.264 e. The molecule has 0 aromatic carbocycles. The van der Waals surface area contributed by atoms with Crippen LogP contribution in [-0.4, -0.2) is 34.9 Å². The molecular weight excluding hydrogens is 246 g/mol. The summed E-state index contributed by atoms with van der Waals surface area (Å²) in [6, 6.07) is 1.85. The highest BCUT2D eigenvalue weighted by Crippen LogP contribution is 2.23. The summed E-state index contributed by atoms with van der Waals surface area (Å²) in [5, 5.41) is 2.46. The predicted octanol–water partition coefficient (Wildman–Crippen LogP) is 2.61. The van der Waals surface area contributed by atoms with Gasteiger partial charge in [0.2, 0.25) is 0 Å². The van der Waals surface area contributed by atoms with Crippen molar-refractivity contribution in [3.05, 3.63) is 16.3 Å². The Morgan fingerprint density at radius 2 is 2.47 bits per heavy atom. The van der Waals surface area contributed by atoms with Crippen LogP contribution in [0, 0.1) is 0 Å². The van der Waals surface area contributed by atoms with Crippen molar-refractivity contribution in [1.29, 1.82) is 0 Å². The lowest BCUT2D eigenvalue weighted by Crippen LogP contribution is -2.40. The van der Waals surface area contributed by atoms with Crippen LogP contribution in [0.3, 0.4) is 0 Å². The van der Waals surface area contributed by atoms with Crippen LogP contribution in [0.5, 0.6) is 0 Å². The number of hydrogen-bond acceptors (Lipinski definition) is 4. The SMILES string of the molecule is CC1CN(C(=O)c2cc(S)cs2)CCS1. The maximum absolute atomic E-state index is 12.1. The third-order valence-corrected chi connectivity index (χ3v) is 4.81. The number of nitrogens with zero attached hydrogens (tertiary/aromatic N) is 1. The van der Waals surface area contributed by atoms with E-state index in [-0.39, 0.29) is 5.91 Å². The van der Waals surface area contributed by atoms with Crippen LogP contribution in [0.2, 0.25) is 0 Å². The number of thiol groups is 1. The zero-order valence-electron chi connectivity index (χ0n) is 8.47. The number of carbonyl (C=O) groups excluding carboxylic acids is 1. The van der Waals surface area contributed by atoms with Gasteiger partial charge in [-0.3, -0.25) is 4.79 Å². The molecule has 0 saturated carbocycles. The van der Waals surface area contributed by atoms with Crippen LogP contribution in [0.1, 0.15) is 16.6 Å². The molecule has 2 rings (SSSR count). The van der Waals surface area contributed by atoms with E-state index >= 15 is 0 Å². The second kappa shape index (κ2) is 4.80. The van der Waals surface area contributed by atoms with Crippen LogP contribution in [0.25, 0.3) is 0 Å². The van der Waals surface area contributed by atoms with E-state index in [9.17, 15) is 4.79 Å². The average molecular weight is 259 g/mol. The molecule has 1 saturated heterocycles. The highest BCUT2D eigenvalue weighted by Gasteiger charge is 2.23. The van der Waals surface area contributed by atoms with Gasteiger partial charge in [0.15, 0.2) is 0 Å². The molecule has 82 valence electrons. The van der Waals surface area contributed by atoms with E-state index in [1.54, 1.807) is 0 Å². The molecule has 1 aliphatic heterocycles. The summed E-state index contributed by atoms with van der Waals surface area (Å²) in [5.74, 6) is 1.21. The Labute approximate surface area is 103 Å². The third kappa shape index (κ3) is 2.71. The number of amides is 1. The fraction of sp³-hybridized carbons (Fsp3) is 0.500. The summed E-state index contributed by atoms with van der Waals surface area (Å²) in [5.41, 5.74) is 0. The monoisotopic (exact) mass is 259 g/mol. The Kier molecular flexibility index (Phi) is 3.64. The molecule has 1 aromatic rings. The van der Waals surface area contributed by atoms with Crippen molar-refractivity contribution in [2.45, 2.75) is 17.1 Å². The van der Waals surface area contributed by atoms with Gasteiger partial charge in [-0.2, -0.15) is 11.8 Å². The van der Waals surface area contributed by atoms with Crippen LogP contribution in [0.15, 0.2) is 16.3 Å². The highest BCUT2D eigenvalue weighted by atomic mass is 32.2. The molecule has 2 nitrogen and oxygen atoms in total. The first kappa shape index (κ1) is 11.4. The quantitative estimate of drug-likeness (QED) is 0.782. The van der Waals surface area contributed by atoms with Crippen molar-refractivity contribution >= 4 is 41.6 Å². The molecule has 0 radical (unpaired) electrons. The van der Waals surface area contributed by atoms with Gasteiger partial charge in [0.1, 0.15) is 0 Å². The Morgan fingerprint density at radius 1 is 1.67 bits per heavy atom. The summed E-state index contributed by atoms with van der Waals surface area (Å²) in [6.07, 6.45) is 0. The molecule has 1 aromatic heterocycles. The van der Waals surface area contributed by atoms with E-state index in [1.165, 1.54) is 11.3 Å². The zero-order chi connectivity index (χ0) is 10.8. The van der Waals surface area contributed by atoms with Gasteiger partial charge in [-0.25, -0.2) is 0 Å². The first-order valence-electron chi connectivity index (χ1n) is 4.85. The standard InChI is InChI=1S/C10H13NOS3/c1-7-5-11(2-3-14-7)10(12)9-4-8(13)6-15-9/h4,6-7,13H,2-3,5H2,1H3. The minimum atomic E-state index is 0.160. The summed E-state index contributed by atoms with van der Waals surface area (Å²) in [7, 11) is 0. The van der Waals surface area contributed by atoms with E-state index in [1.807, 2.05) is 28.1 Å². The van der Waals surface area contributed by atoms with E-state index in [4.69, 9.17) is 0 Å². The Bertz CT molecular complexity index is 363. The van der Waals surface area contributed by atoms with Crippen molar-refractivity contribution < 1.29 is 4.79 Å². The average Bonchev–Trinajstić information content (AvgIpc) is 2.64. The number of hydrogen-bond donors (Lipinski definition) is 1. The summed E-state index contributed by atoms with van der Waals surface area (Å²) in [6.45, 7) is 3.90. The first-order valence-corrected chi connectivity index (χ1v) is 7.23. The van der Waals surface area contributed by atoms with Gasteiger partial charge < -0.3 is 4.90 Å². The topological polar surface area (TPSA) is 20.3 Å². The molecule has 0 spiro atoms. The molecule has 0 bridgehead atoms. The summed E-state index contributed by atoms with van der Waals surface area (Å²) >= 11 is 7.63. The summed E-state index contributed by atoms with van der Waals surface area (Å²) < 4.78 is 0. The number of carbonyl (C=O) groups is 1. The fourth-order valence-electron chi connectivity index (χ4n) is 1.60. The van der Waals surface area contributed by atoms with Crippen molar-refractivity contribution in [3.8, 4) is 0 Å². The smallest absolute Gasteiger partial charge is 0.264 e. The third-order valence-electron chi connectivity index (χ3n) is 2.32. The Hall–Kier alpha value is -0.130. The molecule has 15 heavy (non-hydrogen) atoms. The van der Waals surface area contributed by atoms with Crippen LogP contribution >= 0.6 is 35.7 Å². The van der Waals surface area contributed by atoms with E-state index in [2.05, 4.69) is 19.6 Å². The fourth-order valence-corrected chi connectivity index (χ4v) is 3.73. The molecular formula is C10H13NOS3. The van der Waals surface area contributed by atoms with E-state index < -0.39 is 0 Å². The molecule has 1 aliphatic rings. The molecule has 0 N–H and O–H groups in total. The van der Waals surface area contributed by atoms with Gasteiger partial charge in [0.25, 0.3) is 5.91 Å². The van der Waals surface area contributed by atoms with Gasteiger partial charge in [-0.1, -0.05) is 6.92 Å². The molecule has 1 atom stereocenters. The van der Waals surface area contributed by atoms with Crippen LogP contribution in [-0.2, 0) is 0 Å². The minimum Gasteiger partial charge on any atom is -0.336 e. The van der Waals surface area contributed by atoms with Gasteiger partial charge in [0.05, 0.1) is 4.88 Å². The van der Waals surface area contributed by atoms with Gasteiger partial charge in [-0.05, 0) is 6.07 Å². The molecule has 5 heteroatoms. The number of thiophene rings is 1. The maximum atomic E-state index is 12.1. The molecule has 1 amide bonds. The van der Waals surface area contributed by atoms with Crippen molar-refractivity contribution in [2.24, 2.45) is 0 Å². The van der Waals surface area contributed by atoms with Crippen molar-refractivity contribution in [1.82, 2.24) is 4.90 Å². The molecule has 0 aliphatic carbocycles. The lowest BCUT2D eigenvalue weighted by Gasteiger charge is -2.30. The van der Waals surface area contributed by atoms with Gasteiger partial charge in [-0.15, -0.1) is 24.0 Å².